The van der Waals surface area contributed by atoms with Gasteiger partial charge in [0.1, 0.15) is 18.2 Å². The normalized spacial score (nSPS) is 11.4. The van der Waals surface area contributed by atoms with Gasteiger partial charge in [0.15, 0.2) is 0 Å². The van der Waals surface area contributed by atoms with E-state index >= 15 is 0 Å². The lowest BCUT2D eigenvalue weighted by atomic mass is 9.87. The molecule has 2 rings (SSSR count). The van der Waals surface area contributed by atoms with Crippen LogP contribution >= 0.6 is 0 Å². The number of hydrogen-bond donors (Lipinski definition) is 1. The minimum absolute atomic E-state index is 0.117. The van der Waals surface area contributed by atoms with E-state index in [2.05, 4.69) is 20.8 Å². The van der Waals surface area contributed by atoms with Gasteiger partial charge < -0.3 is 10.5 Å². The average Bonchev–Trinajstić information content (AvgIpc) is 2.39. The smallest absolute Gasteiger partial charge is 0.123 e. The fraction of sp³-hybridized carbons (Fsp3) is 0.294. The standard InChI is InChI=1S/C17H20FNO/c1-17(2,3)13-4-7-15(8-5-13)20-11-12-10-14(18)6-9-16(12)19/h4-10H,11,19H2,1-3H3. The first-order chi connectivity index (χ1) is 9.36. The summed E-state index contributed by atoms with van der Waals surface area (Å²) in [5.41, 5.74) is 8.35. The highest BCUT2D eigenvalue weighted by Crippen LogP contribution is 2.25. The van der Waals surface area contributed by atoms with Crippen LogP contribution in [0, 0.1) is 5.82 Å². The predicted molar refractivity (Wildman–Crippen MR) is 80.3 cm³/mol. The third-order valence-corrected chi connectivity index (χ3v) is 3.22. The summed E-state index contributed by atoms with van der Waals surface area (Å²) >= 11 is 0. The molecule has 2 aromatic rings. The van der Waals surface area contributed by atoms with E-state index in [9.17, 15) is 4.39 Å². The number of rotatable bonds is 3. The van der Waals surface area contributed by atoms with Crippen LogP contribution in [0.5, 0.6) is 5.75 Å². The Bertz CT molecular complexity index is 585. The molecule has 20 heavy (non-hydrogen) atoms. The molecular weight excluding hydrogens is 253 g/mol. The molecule has 0 aliphatic rings. The van der Waals surface area contributed by atoms with Crippen molar-refractivity contribution < 1.29 is 9.13 Å². The molecule has 0 aromatic heterocycles. The van der Waals surface area contributed by atoms with Crippen LogP contribution in [0.3, 0.4) is 0 Å². The van der Waals surface area contributed by atoms with Crippen molar-refractivity contribution in [2.75, 3.05) is 5.73 Å². The Hall–Kier alpha value is -2.03. The van der Waals surface area contributed by atoms with Crippen LogP contribution in [-0.4, -0.2) is 0 Å². The number of nitrogens with two attached hydrogens (primary N) is 1. The first-order valence-corrected chi connectivity index (χ1v) is 6.63. The van der Waals surface area contributed by atoms with Crippen molar-refractivity contribution >= 4 is 5.69 Å². The van der Waals surface area contributed by atoms with E-state index in [1.165, 1.54) is 17.7 Å². The van der Waals surface area contributed by atoms with Gasteiger partial charge in [0.05, 0.1) is 0 Å². The summed E-state index contributed by atoms with van der Waals surface area (Å²) in [6, 6.07) is 12.2. The Balaban J connectivity index is 2.06. The quantitative estimate of drug-likeness (QED) is 0.847. The number of ether oxygens (including phenoxy) is 1. The number of nitrogen functional groups attached to an aromatic ring is 1. The van der Waals surface area contributed by atoms with Crippen LogP contribution in [0.15, 0.2) is 42.5 Å². The highest BCUT2D eigenvalue weighted by Gasteiger charge is 2.13. The highest BCUT2D eigenvalue weighted by atomic mass is 19.1. The maximum atomic E-state index is 13.1. The van der Waals surface area contributed by atoms with Gasteiger partial charge in [0, 0.05) is 11.3 Å². The largest absolute Gasteiger partial charge is 0.489 e. The molecular formula is C17H20FNO. The maximum Gasteiger partial charge on any atom is 0.123 e. The number of benzene rings is 2. The Morgan fingerprint density at radius 3 is 2.30 bits per heavy atom. The van der Waals surface area contributed by atoms with E-state index in [-0.39, 0.29) is 17.8 Å². The molecule has 2 aromatic carbocycles. The summed E-state index contributed by atoms with van der Waals surface area (Å²) in [5.74, 6) is 0.447. The molecule has 0 fully saturated rings. The zero-order valence-corrected chi connectivity index (χ0v) is 12.1. The average molecular weight is 273 g/mol. The second kappa shape index (κ2) is 5.53. The van der Waals surface area contributed by atoms with E-state index < -0.39 is 0 Å². The third-order valence-electron chi connectivity index (χ3n) is 3.22. The lowest BCUT2D eigenvalue weighted by molar-refractivity contribution is 0.306. The van der Waals surface area contributed by atoms with Gasteiger partial charge in [-0.25, -0.2) is 4.39 Å². The minimum atomic E-state index is -0.305. The molecule has 0 heterocycles. The van der Waals surface area contributed by atoms with Gasteiger partial charge in [-0.05, 0) is 41.3 Å². The summed E-state index contributed by atoms with van der Waals surface area (Å²) in [7, 11) is 0. The third kappa shape index (κ3) is 3.50. The van der Waals surface area contributed by atoms with Gasteiger partial charge in [-0.3, -0.25) is 0 Å². The van der Waals surface area contributed by atoms with Crippen LogP contribution in [0.1, 0.15) is 31.9 Å². The predicted octanol–water partition coefficient (Wildman–Crippen LogP) is 4.28. The van der Waals surface area contributed by atoms with Gasteiger partial charge in [-0.1, -0.05) is 32.9 Å². The summed E-state index contributed by atoms with van der Waals surface area (Å²) in [6.07, 6.45) is 0. The van der Waals surface area contributed by atoms with E-state index in [1.54, 1.807) is 6.07 Å². The van der Waals surface area contributed by atoms with E-state index in [1.807, 2.05) is 24.3 Å². The van der Waals surface area contributed by atoms with Crippen LogP contribution in [-0.2, 0) is 12.0 Å². The van der Waals surface area contributed by atoms with Crippen molar-refractivity contribution in [2.45, 2.75) is 32.8 Å². The van der Waals surface area contributed by atoms with Gasteiger partial charge in [0.25, 0.3) is 0 Å². The molecule has 0 aliphatic heterocycles. The van der Waals surface area contributed by atoms with Crippen molar-refractivity contribution in [3.05, 3.63) is 59.4 Å². The fourth-order valence-corrected chi connectivity index (χ4v) is 1.91. The maximum absolute atomic E-state index is 13.1. The molecule has 0 aliphatic carbocycles. The van der Waals surface area contributed by atoms with Crippen LogP contribution < -0.4 is 10.5 Å². The molecule has 0 bridgehead atoms. The second-order valence-corrected chi connectivity index (χ2v) is 5.91. The Morgan fingerprint density at radius 1 is 1.05 bits per heavy atom. The number of hydrogen-bond acceptors (Lipinski definition) is 2. The van der Waals surface area contributed by atoms with Crippen LogP contribution in [0.25, 0.3) is 0 Å². The first kappa shape index (κ1) is 14.4. The highest BCUT2D eigenvalue weighted by molar-refractivity contribution is 5.46. The number of anilines is 1. The molecule has 3 heteroatoms. The molecule has 2 N–H and O–H groups in total. The Labute approximate surface area is 119 Å². The summed E-state index contributed by atoms with van der Waals surface area (Å²) in [6.45, 7) is 6.75. The van der Waals surface area contributed by atoms with Gasteiger partial charge in [-0.15, -0.1) is 0 Å². The molecule has 0 amide bonds. The van der Waals surface area contributed by atoms with E-state index in [0.29, 0.717) is 11.3 Å². The lowest BCUT2D eigenvalue weighted by Crippen LogP contribution is -2.10. The molecule has 0 atom stereocenters. The van der Waals surface area contributed by atoms with Crippen molar-refractivity contribution in [3.8, 4) is 5.75 Å². The minimum Gasteiger partial charge on any atom is -0.489 e. The molecule has 0 spiro atoms. The van der Waals surface area contributed by atoms with Gasteiger partial charge in [0.2, 0.25) is 0 Å². The first-order valence-electron chi connectivity index (χ1n) is 6.63. The van der Waals surface area contributed by atoms with Crippen LogP contribution in [0.4, 0.5) is 10.1 Å². The van der Waals surface area contributed by atoms with Gasteiger partial charge >= 0.3 is 0 Å². The summed E-state index contributed by atoms with van der Waals surface area (Å²) in [4.78, 5) is 0. The van der Waals surface area contributed by atoms with Crippen molar-refractivity contribution in [1.82, 2.24) is 0 Å². The molecule has 0 unspecified atom stereocenters. The molecule has 0 saturated carbocycles. The van der Waals surface area contributed by atoms with E-state index in [0.717, 1.165) is 5.75 Å². The van der Waals surface area contributed by atoms with E-state index in [4.69, 9.17) is 10.5 Å². The molecule has 0 saturated heterocycles. The summed E-state index contributed by atoms with van der Waals surface area (Å²) in [5, 5.41) is 0. The zero-order chi connectivity index (χ0) is 14.8. The van der Waals surface area contributed by atoms with Gasteiger partial charge in [-0.2, -0.15) is 0 Å². The molecule has 2 nitrogen and oxygen atoms in total. The molecule has 0 radical (unpaired) electrons. The second-order valence-electron chi connectivity index (χ2n) is 5.91. The Morgan fingerprint density at radius 2 is 1.70 bits per heavy atom. The SMILES string of the molecule is CC(C)(C)c1ccc(OCc2cc(F)ccc2N)cc1. The number of halogens is 1. The zero-order valence-electron chi connectivity index (χ0n) is 12.1. The van der Waals surface area contributed by atoms with Crippen molar-refractivity contribution in [1.29, 1.82) is 0 Å². The summed E-state index contributed by atoms with van der Waals surface area (Å²) < 4.78 is 18.8. The fourth-order valence-electron chi connectivity index (χ4n) is 1.91. The van der Waals surface area contributed by atoms with Crippen molar-refractivity contribution in [2.24, 2.45) is 0 Å². The van der Waals surface area contributed by atoms with Crippen molar-refractivity contribution in [3.63, 3.8) is 0 Å². The lowest BCUT2D eigenvalue weighted by Gasteiger charge is -2.19. The van der Waals surface area contributed by atoms with Crippen LogP contribution in [0.2, 0.25) is 0 Å². The Kier molecular flexibility index (Phi) is 3.98. The monoisotopic (exact) mass is 273 g/mol. The molecule has 106 valence electrons. The topological polar surface area (TPSA) is 35.2 Å².